The fraction of sp³-hybridized carbons (Fsp3) is 0.222. The van der Waals surface area contributed by atoms with Crippen molar-refractivity contribution in [2.45, 2.75) is 0 Å². The first-order valence-corrected chi connectivity index (χ1v) is 9.20. The predicted molar refractivity (Wildman–Crippen MR) is 56.4 cm³/mol. The van der Waals surface area contributed by atoms with Crippen LogP contribution < -0.4 is 9.47 Å². The van der Waals surface area contributed by atoms with Crippen LogP contribution in [0.1, 0.15) is 5.56 Å². The van der Waals surface area contributed by atoms with Crippen molar-refractivity contribution in [3.8, 4) is 11.5 Å². The minimum absolute atomic E-state index is 0.755. The van der Waals surface area contributed by atoms with Crippen LogP contribution in [-0.2, 0) is 13.5 Å². The summed E-state index contributed by atoms with van der Waals surface area (Å²) in [7, 11) is 14.8. The first-order chi connectivity index (χ1) is 6.67. The molecule has 0 saturated carbocycles. The Hall–Kier alpha value is -0.107. The van der Waals surface area contributed by atoms with E-state index in [-0.39, 0.29) is 0 Å². The Morgan fingerprint density at radius 1 is 1.21 bits per heavy atom. The summed E-state index contributed by atoms with van der Waals surface area (Å²) in [4.78, 5) is 0. The number of methoxy groups -OCH3 is 2. The zero-order chi connectivity index (χ0) is 10.6. The van der Waals surface area contributed by atoms with E-state index in [0.717, 1.165) is 17.1 Å². The van der Waals surface area contributed by atoms with E-state index in [2.05, 4.69) is 0 Å². The Morgan fingerprint density at radius 2 is 1.93 bits per heavy atom. The molecule has 0 saturated heterocycles. The number of ether oxygens (including phenoxy) is 2. The SMILES string of the molecule is COc1ccc(OC)c([CH]=[Ru]([Cl])[Cl])c1. The molecule has 0 heterocycles. The van der Waals surface area contributed by atoms with Crippen LogP contribution in [0.5, 0.6) is 11.5 Å². The number of hydrogen-bond acceptors (Lipinski definition) is 2. The average Bonchev–Trinajstić information content (AvgIpc) is 2.16. The Balaban J connectivity index is 3.15. The topological polar surface area (TPSA) is 18.5 Å². The molecule has 0 N–H and O–H groups in total. The maximum atomic E-state index is 5.79. The molecule has 14 heavy (non-hydrogen) atoms. The predicted octanol–water partition coefficient (Wildman–Crippen LogP) is 2.78. The molecule has 0 bridgehead atoms. The van der Waals surface area contributed by atoms with Gasteiger partial charge in [-0.3, -0.25) is 0 Å². The molecular formula is C9H10Cl2O2Ru. The van der Waals surface area contributed by atoms with Gasteiger partial charge in [0, 0.05) is 0 Å². The summed E-state index contributed by atoms with van der Waals surface area (Å²) in [5.74, 6) is 1.52. The zero-order valence-electron chi connectivity index (χ0n) is 7.74. The molecule has 0 aliphatic rings. The molecule has 0 aliphatic carbocycles. The number of rotatable bonds is 3. The molecule has 5 heteroatoms. The van der Waals surface area contributed by atoms with Crippen LogP contribution in [0, 0.1) is 0 Å². The second-order valence-electron chi connectivity index (χ2n) is 2.41. The third-order valence-electron chi connectivity index (χ3n) is 1.62. The Morgan fingerprint density at radius 3 is 2.43 bits per heavy atom. The third kappa shape index (κ3) is 3.23. The Labute approximate surface area is 96.2 Å². The molecular weight excluding hydrogens is 312 g/mol. The third-order valence-corrected chi connectivity index (χ3v) is 3.46. The average molecular weight is 322 g/mol. The number of halogens is 2. The van der Waals surface area contributed by atoms with Crippen LogP contribution in [0.2, 0.25) is 0 Å². The van der Waals surface area contributed by atoms with Gasteiger partial charge in [0.25, 0.3) is 0 Å². The van der Waals surface area contributed by atoms with Crippen molar-refractivity contribution in [2.24, 2.45) is 0 Å². The molecule has 0 radical (unpaired) electrons. The van der Waals surface area contributed by atoms with Gasteiger partial charge in [-0.1, -0.05) is 0 Å². The second kappa shape index (κ2) is 5.70. The van der Waals surface area contributed by atoms with E-state index < -0.39 is 13.5 Å². The van der Waals surface area contributed by atoms with Gasteiger partial charge in [0.2, 0.25) is 0 Å². The van der Waals surface area contributed by atoms with Crippen LogP contribution >= 0.6 is 19.4 Å². The molecule has 0 unspecified atom stereocenters. The van der Waals surface area contributed by atoms with Gasteiger partial charge in [0.1, 0.15) is 0 Å². The second-order valence-corrected chi connectivity index (χ2v) is 8.14. The first-order valence-electron chi connectivity index (χ1n) is 3.72. The van der Waals surface area contributed by atoms with Crippen molar-refractivity contribution in [1.29, 1.82) is 0 Å². The molecule has 0 aromatic heterocycles. The van der Waals surface area contributed by atoms with E-state index in [4.69, 9.17) is 28.9 Å². The molecule has 0 spiro atoms. The van der Waals surface area contributed by atoms with Gasteiger partial charge in [-0.2, -0.15) is 0 Å². The van der Waals surface area contributed by atoms with E-state index in [0.29, 0.717) is 0 Å². The van der Waals surface area contributed by atoms with Crippen LogP contribution in [0.15, 0.2) is 18.2 Å². The first kappa shape index (κ1) is 12.0. The molecule has 80 valence electrons. The molecule has 1 aromatic carbocycles. The van der Waals surface area contributed by atoms with E-state index in [9.17, 15) is 0 Å². The van der Waals surface area contributed by atoms with E-state index in [1.807, 2.05) is 22.8 Å². The van der Waals surface area contributed by atoms with E-state index in [1.165, 1.54) is 0 Å². The van der Waals surface area contributed by atoms with Crippen molar-refractivity contribution in [3.05, 3.63) is 23.8 Å². The van der Waals surface area contributed by atoms with Crippen molar-refractivity contribution in [3.63, 3.8) is 0 Å². The number of benzene rings is 1. The van der Waals surface area contributed by atoms with Gasteiger partial charge in [0.05, 0.1) is 0 Å². The standard InChI is InChI=1S/C9H10O2.2ClH.Ru/c1-7-6-8(10-2)4-5-9(7)11-3;;;/h1,4-6H,2-3H3;2*1H;/q;;;+2/p-2. The zero-order valence-corrected chi connectivity index (χ0v) is 11.0. The van der Waals surface area contributed by atoms with Crippen molar-refractivity contribution in [1.82, 2.24) is 0 Å². The molecule has 0 fully saturated rings. The summed E-state index contributed by atoms with van der Waals surface area (Å²) in [5, 5.41) is 0. The monoisotopic (exact) mass is 322 g/mol. The molecule has 2 nitrogen and oxygen atoms in total. The molecule has 0 amide bonds. The summed E-state index contributed by atoms with van der Waals surface area (Å²) >= 11 is -1.83. The van der Waals surface area contributed by atoms with Gasteiger partial charge >= 0.3 is 96.5 Å². The van der Waals surface area contributed by atoms with Crippen LogP contribution in [0.3, 0.4) is 0 Å². The van der Waals surface area contributed by atoms with Crippen LogP contribution in [-0.4, -0.2) is 18.8 Å². The Bertz CT molecular complexity index is 349. The minimum atomic E-state index is -1.83. The molecule has 0 aliphatic heterocycles. The summed E-state index contributed by atoms with van der Waals surface area (Å²) < 4.78 is 12.1. The number of hydrogen-bond donors (Lipinski definition) is 0. The summed E-state index contributed by atoms with van der Waals surface area (Å²) in [6.45, 7) is 0. The fourth-order valence-corrected chi connectivity index (χ4v) is 2.79. The summed E-state index contributed by atoms with van der Waals surface area (Å²) in [6.07, 6.45) is 0. The Kier molecular flexibility index (Phi) is 4.87. The maximum absolute atomic E-state index is 5.79. The van der Waals surface area contributed by atoms with Crippen molar-refractivity contribution < 1.29 is 23.0 Å². The van der Waals surface area contributed by atoms with E-state index in [1.54, 1.807) is 14.2 Å². The molecule has 1 aromatic rings. The summed E-state index contributed by atoms with van der Waals surface area (Å²) in [6, 6.07) is 5.51. The van der Waals surface area contributed by atoms with Gasteiger partial charge < -0.3 is 0 Å². The van der Waals surface area contributed by atoms with Crippen LogP contribution in [0.4, 0.5) is 0 Å². The van der Waals surface area contributed by atoms with Crippen molar-refractivity contribution in [2.75, 3.05) is 14.2 Å². The van der Waals surface area contributed by atoms with Gasteiger partial charge in [-0.05, 0) is 0 Å². The van der Waals surface area contributed by atoms with Gasteiger partial charge in [0.15, 0.2) is 0 Å². The van der Waals surface area contributed by atoms with Crippen molar-refractivity contribution >= 4 is 24.0 Å². The normalized spacial score (nSPS) is 10.7. The molecule has 1 rings (SSSR count). The van der Waals surface area contributed by atoms with Crippen LogP contribution in [0.25, 0.3) is 0 Å². The molecule has 0 atom stereocenters. The van der Waals surface area contributed by atoms with Gasteiger partial charge in [-0.15, -0.1) is 0 Å². The fourth-order valence-electron chi connectivity index (χ4n) is 1.00. The summed E-state index contributed by atoms with van der Waals surface area (Å²) in [5.41, 5.74) is 0.885. The van der Waals surface area contributed by atoms with E-state index >= 15 is 0 Å². The van der Waals surface area contributed by atoms with Gasteiger partial charge in [-0.25, -0.2) is 0 Å². The quantitative estimate of drug-likeness (QED) is 0.797.